The lowest BCUT2D eigenvalue weighted by Gasteiger charge is -2.01. The van der Waals surface area contributed by atoms with Crippen LogP contribution in [0.1, 0.15) is 0 Å². The molecule has 0 saturated heterocycles. The van der Waals surface area contributed by atoms with E-state index in [9.17, 15) is 4.39 Å². The second-order valence-corrected chi connectivity index (χ2v) is 4.41. The summed E-state index contributed by atoms with van der Waals surface area (Å²) in [5.74, 6) is -0.536. The van der Waals surface area contributed by atoms with Crippen LogP contribution in [0, 0.1) is 5.82 Å². The predicted octanol–water partition coefficient (Wildman–Crippen LogP) is 2.94. The van der Waals surface area contributed by atoms with Gasteiger partial charge in [0, 0.05) is 11.8 Å². The van der Waals surface area contributed by atoms with Gasteiger partial charge in [-0.2, -0.15) is 0 Å². The van der Waals surface area contributed by atoms with Gasteiger partial charge in [-0.15, -0.1) is 11.3 Å². The van der Waals surface area contributed by atoms with Crippen molar-refractivity contribution in [1.29, 1.82) is 0 Å². The quantitative estimate of drug-likeness (QED) is 0.636. The molecule has 0 atom stereocenters. The van der Waals surface area contributed by atoms with E-state index in [4.69, 9.17) is 11.6 Å². The van der Waals surface area contributed by atoms with E-state index in [1.807, 2.05) is 0 Å². The number of hydrogen-bond donors (Lipinski definition) is 0. The summed E-state index contributed by atoms with van der Waals surface area (Å²) >= 11 is 7.06. The Balaban J connectivity index is 2.22. The molecule has 4 nitrogen and oxygen atoms in total. The van der Waals surface area contributed by atoms with Crippen LogP contribution in [0.15, 0.2) is 24.0 Å². The minimum atomic E-state index is -0.536. The van der Waals surface area contributed by atoms with Crippen molar-refractivity contribution in [2.24, 2.45) is 0 Å². The number of rotatable bonds is 1. The summed E-state index contributed by atoms with van der Waals surface area (Å²) in [6.45, 7) is 0. The van der Waals surface area contributed by atoms with Crippen LogP contribution in [0.25, 0.3) is 21.6 Å². The summed E-state index contributed by atoms with van der Waals surface area (Å²) in [5.41, 5.74) is 3.06. The highest BCUT2D eigenvalue weighted by Crippen LogP contribution is 2.24. The molecule has 0 fully saturated rings. The molecule has 3 aromatic heterocycles. The highest BCUT2D eigenvalue weighted by Gasteiger charge is 2.10. The minimum absolute atomic E-state index is 0.000209. The van der Waals surface area contributed by atoms with Gasteiger partial charge in [0.1, 0.15) is 16.0 Å². The van der Waals surface area contributed by atoms with E-state index >= 15 is 0 Å². The Morgan fingerprint density at radius 1 is 1.18 bits per heavy atom. The fourth-order valence-electron chi connectivity index (χ4n) is 1.43. The molecule has 0 unspecified atom stereocenters. The second kappa shape index (κ2) is 3.97. The molecular formula is C10H4ClFN4S. The maximum absolute atomic E-state index is 13.6. The molecule has 3 rings (SSSR count). The molecule has 7 heteroatoms. The molecule has 0 amide bonds. The van der Waals surface area contributed by atoms with Crippen LogP contribution in [-0.4, -0.2) is 19.9 Å². The number of halogens is 2. The van der Waals surface area contributed by atoms with Gasteiger partial charge >= 0.3 is 0 Å². The second-order valence-electron chi connectivity index (χ2n) is 3.24. The number of pyridine rings is 1. The first-order valence-corrected chi connectivity index (χ1v) is 5.87. The SMILES string of the molecule is Fc1cnc(Cl)nc1-c1cnc2scnc2c1. The summed E-state index contributed by atoms with van der Waals surface area (Å²) in [4.78, 5) is 16.5. The Labute approximate surface area is 104 Å². The van der Waals surface area contributed by atoms with Gasteiger partial charge in [0.05, 0.1) is 11.7 Å². The Hall–Kier alpha value is -1.66. The van der Waals surface area contributed by atoms with E-state index < -0.39 is 5.82 Å². The molecule has 0 aliphatic heterocycles. The highest BCUT2D eigenvalue weighted by atomic mass is 35.5. The number of thiazole rings is 1. The molecule has 0 bridgehead atoms. The summed E-state index contributed by atoms with van der Waals surface area (Å²) < 4.78 is 13.6. The van der Waals surface area contributed by atoms with Crippen molar-refractivity contribution in [1.82, 2.24) is 19.9 Å². The molecule has 0 radical (unpaired) electrons. The van der Waals surface area contributed by atoms with E-state index in [1.165, 1.54) is 11.3 Å². The molecule has 17 heavy (non-hydrogen) atoms. The smallest absolute Gasteiger partial charge is 0.223 e. The lowest BCUT2D eigenvalue weighted by molar-refractivity contribution is 0.618. The van der Waals surface area contributed by atoms with Crippen LogP contribution in [0.3, 0.4) is 0 Å². The van der Waals surface area contributed by atoms with Crippen LogP contribution in [-0.2, 0) is 0 Å². The average Bonchev–Trinajstić information content (AvgIpc) is 2.79. The van der Waals surface area contributed by atoms with Gasteiger partial charge in [0.15, 0.2) is 5.82 Å². The zero-order valence-electron chi connectivity index (χ0n) is 8.26. The largest absolute Gasteiger partial charge is 0.243 e. The predicted molar refractivity (Wildman–Crippen MR) is 63.4 cm³/mol. The zero-order valence-corrected chi connectivity index (χ0v) is 9.83. The van der Waals surface area contributed by atoms with Crippen LogP contribution >= 0.6 is 22.9 Å². The molecule has 0 aliphatic rings. The van der Waals surface area contributed by atoms with Gasteiger partial charge in [0.2, 0.25) is 5.28 Å². The van der Waals surface area contributed by atoms with Crippen molar-refractivity contribution in [3.63, 3.8) is 0 Å². The molecule has 0 spiro atoms. The van der Waals surface area contributed by atoms with Crippen molar-refractivity contribution < 1.29 is 4.39 Å². The first kappa shape index (κ1) is 10.5. The van der Waals surface area contributed by atoms with Gasteiger partial charge < -0.3 is 0 Å². The molecule has 3 heterocycles. The van der Waals surface area contributed by atoms with Crippen LogP contribution in [0.4, 0.5) is 4.39 Å². The average molecular weight is 267 g/mol. The van der Waals surface area contributed by atoms with Gasteiger partial charge in [-0.3, -0.25) is 0 Å². The third-order valence-corrected chi connectivity index (χ3v) is 3.11. The fourth-order valence-corrected chi connectivity index (χ4v) is 2.18. The first-order chi connectivity index (χ1) is 8.24. The Morgan fingerprint density at radius 2 is 2.06 bits per heavy atom. The number of fused-ring (bicyclic) bond motifs is 1. The minimum Gasteiger partial charge on any atom is -0.243 e. The summed E-state index contributed by atoms with van der Waals surface area (Å²) in [6.07, 6.45) is 2.58. The molecule has 3 aromatic rings. The Morgan fingerprint density at radius 3 is 2.94 bits per heavy atom. The van der Waals surface area contributed by atoms with Gasteiger partial charge in [-0.25, -0.2) is 24.3 Å². The van der Waals surface area contributed by atoms with Crippen LogP contribution < -0.4 is 0 Å². The summed E-state index contributed by atoms with van der Waals surface area (Å²) in [5, 5.41) is -0.000209. The lowest BCUT2D eigenvalue weighted by atomic mass is 10.2. The first-order valence-electron chi connectivity index (χ1n) is 4.62. The van der Waals surface area contributed by atoms with E-state index in [0.717, 1.165) is 11.0 Å². The maximum Gasteiger partial charge on any atom is 0.223 e. The lowest BCUT2D eigenvalue weighted by Crippen LogP contribution is -1.93. The van der Waals surface area contributed by atoms with Gasteiger partial charge in [-0.05, 0) is 17.7 Å². The Kier molecular flexibility index (Phi) is 2.45. The Bertz CT molecular complexity index is 700. The maximum atomic E-state index is 13.6. The van der Waals surface area contributed by atoms with Crippen LogP contribution in [0.2, 0.25) is 5.28 Å². The van der Waals surface area contributed by atoms with Crippen molar-refractivity contribution in [2.75, 3.05) is 0 Å². The van der Waals surface area contributed by atoms with E-state index in [1.54, 1.807) is 17.8 Å². The van der Waals surface area contributed by atoms with Gasteiger partial charge in [0.25, 0.3) is 0 Å². The molecule has 84 valence electrons. The molecule has 0 N–H and O–H groups in total. The number of nitrogens with zero attached hydrogens (tertiary/aromatic N) is 4. The number of hydrogen-bond acceptors (Lipinski definition) is 5. The third kappa shape index (κ3) is 1.85. The van der Waals surface area contributed by atoms with E-state index in [2.05, 4.69) is 19.9 Å². The zero-order chi connectivity index (χ0) is 11.8. The highest BCUT2D eigenvalue weighted by molar-refractivity contribution is 7.16. The van der Waals surface area contributed by atoms with Gasteiger partial charge in [-0.1, -0.05) is 0 Å². The fraction of sp³-hybridized carbons (Fsp3) is 0. The van der Waals surface area contributed by atoms with Crippen molar-refractivity contribution in [3.8, 4) is 11.3 Å². The molecule has 0 saturated carbocycles. The van der Waals surface area contributed by atoms with Crippen molar-refractivity contribution in [3.05, 3.63) is 35.1 Å². The summed E-state index contributed by atoms with van der Waals surface area (Å²) in [7, 11) is 0. The monoisotopic (exact) mass is 266 g/mol. The summed E-state index contributed by atoms with van der Waals surface area (Å²) in [6, 6.07) is 1.72. The van der Waals surface area contributed by atoms with Crippen molar-refractivity contribution >= 4 is 33.3 Å². The standard InChI is InChI=1S/C10H4ClFN4S/c11-10-14-3-6(12)8(16-10)5-1-7-9(13-2-5)17-4-15-7/h1-4H. The van der Waals surface area contributed by atoms with E-state index in [-0.39, 0.29) is 11.0 Å². The van der Waals surface area contributed by atoms with E-state index in [0.29, 0.717) is 11.1 Å². The normalized spacial score (nSPS) is 10.9. The topological polar surface area (TPSA) is 51.6 Å². The van der Waals surface area contributed by atoms with Crippen molar-refractivity contribution in [2.45, 2.75) is 0 Å². The number of aromatic nitrogens is 4. The molecule has 0 aliphatic carbocycles. The molecule has 0 aromatic carbocycles. The molecular weight excluding hydrogens is 263 g/mol. The third-order valence-electron chi connectivity index (χ3n) is 2.18. The van der Waals surface area contributed by atoms with Crippen LogP contribution in [0.5, 0.6) is 0 Å².